The lowest BCUT2D eigenvalue weighted by molar-refractivity contribution is -0.140. The van der Waals surface area contributed by atoms with Gasteiger partial charge in [-0.15, -0.1) is 0 Å². The van der Waals surface area contributed by atoms with Gasteiger partial charge in [-0.2, -0.15) is 13.2 Å². The van der Waals surface area contributed by atoms with Crippen LogP contribution in [0.5, 0.6) is 11.5 Å². The smallest absolute Gasteiger partial charge is 0.416 e. The van der Waals surface area contributed by atoms with Crippen molar-refractivity contribution in [1.82, 2.24) is 4.90 Å². The van der Waals surface area contributed by atoms with E-state index in [2.05, 4.69) is 0 Å². The molecule has 0 saturated carbocycles. The highest BCUT2D eigenvalue weighted by molar-refractivity contribution is 6.46. The lowest BCUT2D eigenvalue weighted by Crippen LogP contribution is -2.29. The SMILES string of the molecule is COc1cccc(C2/C(=C(\O)c3cc(C(C)C)c(OC)cc3C)C(=O)C(=O)N2Cc2cccc(C(F)(F)F)c2)c1. The van der Waals surface area contributed by atoms with Gasteiger partial charge < -0.3 is 19.5 Å². The first-order valence-corrected chi connectivity index (χ1v) is 12.6. The Morgan fingerprint density at radius 2 is 1.70 bits per heavy atom. The minimum Gasteiger partial charge on any atom is -0.507 e. The van der Waals surface area contributed by atoms with E-state index in [0.29, 0.717) is 28.2 Å². The van der Waals surface area contributed by atoms with Gasteiger partial charge in [-0.1, -0.05) is 38.1 Å². The van der Waals surface area contributed by atoms with Gasteiger partial charge in [0, 0.05) is 12.1 Å². The van der Waals surface area contributed by atoms with Crippen molar-refractivity contribution < 1.29 is 37.3 Å². The second-order valence-electron chi connectivity index (χ2n) is 9.97. The molecule has 3 aromatic rings. The first-order valence-electron chi connectivity index (χ1n) is 12.6. The number of methoxy groups -OCH3 is 2. The molecule has 1 fully saturated rings. The number of carbonyl (C=O) groups excluding carboxylic acids is 2. The molecule has 1 saturated heterocycles. The zero-order valence-electron chi connectivity index (χ0n) is 22.8. The lowest BCUT2D eigenvalue weighted by Gasteiger charge is -2.26. The van der Waals surface area contributed by atoms with E-state index in [-0.39, 0.29) is 29.4 Å². The number of aryl methyl sites for hydroxylation is 1. The van der Waals surface area contributed by atoms with Crippen molar-refractivity contribution in [2.24, 2.45) is 0 Å². The molecule has 1 amide bonds. The van der Waals surface area contributed by atoms with E-state index in [1.165, 1.54) is 24.1 Å². The number of hydrogen-bond donors (Lipinski definition) is 1. The second-order valence-corrected chi connectivity index (χ2v) is 9.97. The average molecular weight is 554 g/mol. The molecule has 40 heavy (non-hydrogen) atoms. The van der Waals surface area contributed by atoms with Crippen LogP contribution in [0.2, 0.25) is 0 Å². The predicted molar refractivity (Wildman–Crippen MR) is 144 cm³/mol. The van der Waals surface area contributed by atoms with E-state index in [4.69, 9.17) is 9.47 Å². The van der Waals surface area contributed by atoms with Crippen LogP contribution in [-0.4, -0.2) is 35.9 Å². The largest absolute Gasteiger partial charge is 0.507 e. The summed E-state index contributed by atoms with van der Waals surface area (Å²) in [6.45, 7) is 5.38. The van der Waals surface area contributed by atoms with Crippen LogP contribution in [0.15, 0.2) is 66.2 Å². The summed E-state index contributed by atoms with van der Waals surface area (Å²) in [5.74, 6) is -1.14. The highest BCUT2D eigenvalue weighted by atomic mass is 19.4. The van der Waals surface area contributed by atoms with Gasteiger partial charge >= 0.3 is 6.18 Å². The minimum atomic E-state index is -4.57. The van der Waals surface area contributed by atoms with Crippen LogP contribution in [0, 0.1) is 6.92 Å². The van der Waals surface area contributed by atoms with Gasteiger partial charge in [0.2, 0.25) is 0 Å². The molecule has 3 aromatic carbocycles. The molecule has 4 rings (SSSR count). The van der Waals surface area contributed by atoms with Gasteiger partial charge in [0.1, 0.15) is 17.3 Å². The molecular formula is C31H30F3NO5. The Bertz CT molecular complexity index is 1490. The molecular weight excluding hydrogens is 523 g/mol. The number of likely N-dealkylation sites (tertiary alicyclic amines) is 1. The van der Waals surface area contributed by atoms with Crippen molar-refractivity contribution in [2.45, 2.75) is 45.5 Å². The lowest BCUT2D eigenvalue weighted by atomic mass is 9.91. The zero-order chi connectivity index (χ0) is 29.4. The standard InChI is InChI=1S/C31H30F3NO5/c1-17(2)23-15-24(18(3)12-25(23)40-5)28(36)26-27(20-9-7-11-22(14-20)39-4)35(30(38)29(26)37)16-19-8-6-10-21(13-19)31(32,33)34/h6-15,17,27,36H,16H2,1-5H3/b28-26+. The Kier molecular flexibility index (Phi) is 7.95. The van der Waals surface area contributed by atoms with Crippen molar-refractivity contribution in [3.8, 4) is 11.5 Å². The Morgan fingerprint density at radius 3 is 2.33 bits per heavy atom. The number of Topliss-reactive ketones (excluding diaryl/α,β-unsaturated/α-hetero) is 1. The summed E-state index contributed by atoms with van der Waals surface area (Å²) >= 11 is 0. The van der Waals surface area contributed by atoms with Crippen LogP contribution < -0.4 is 9.47 Å². The fourth-order valence-electron chi connectivity index (χ4n) is 4.97. The Balaban J connectivity index is 1.92. The summed E-state index contributed by atoms with van der Waals surface area (Å²) in [5.41, 5.74) is 1.39. The molecule has 0 aromatic heterocycles. The summed E-state index contributed by atoms with van der Waals surface area (Å²) in [6, 6.07) is 13.7. The maximum Gasteiger partial charge on any atom is 0.416 e. The monoisotopic (exact) mass is 553 g/mol. The van der Waals surface area contributed by atoms with Crippen molar-refractivity contribution >= 4 is 17.4 Å². The molecule has 210 valence electrons. The van der Waals surface area contributed by atoms with Crippen LogP contribution in [0.3, 0.4) is 0 Å². The van der Waals surface area contributed by atoms with E-state index in [1.807, 2.05) is 13.8 Å². The highest BCUT2D eigenvalue weighted by Gasteiger charge is 2.46. The van der Waals surface area contributed by atoms with Crippen LogP contribution in [0.25, 0.3) is 5.76 Å². The van der Waals surface area contributed by atoms with Crippen molar-refractivity contribution in [1.29, 1.82) is 0 Å². The van der Waals surface area contributed by atoms with Gasteiger partial charge in [0.05, 0.1) is 31.4 Å². The fraction of sp³-hybridized carbons (Fsp3) is 0.290. The molecule has 0 spiro atoms. The van der Waals surface area contributed by atoms with Gasteiger partial charge in [-0.3, -0.25) is 9.59 Å². The van der Waals surface area contributed by atoms with Crippen LogP contribution in [0.1, 0.15) is 59.2 Å². The molecule has 1 unspecified atom stereocenters. The molecule has 1 aliphatic rings. The summed E-state index contributed by atoms with van der Waals surface area (Å²) < 4.78 is 51.0. The quantitative estimate of drug-likeness (QED) is 0.198. The molecule has 1 heterocycles. The molecule has 0 aliphatic carbocycles. The van der Waals surface area contributed by atoms with Crippen molar-refractivity contribution in [2.75, 3.05) is 14.2 Å². The number of ether oxygens (including phenoxy) is 2. The summed E-state index contributed by atoms with van der Waals surface area (Å²) in [7, 11) is 3.01. The third kappa shape index (κ3) is 5.41. The van der Waals surface area contributed by atoms with E-state index in [9.17, 15) is 27.9 Å². The number of ketones is 1. The number of amides is 1. The van der Waals surface area contributed by atoms with E-state index in [0.717, 1.165) is 17.7 Å². The Morgan fingerprint density at radius 1 is 1.00 bits per heavy atom. The normalized spacial score (nSPS) is 17.0. The van der Waals surface area contributed by atoms with Gasteiger partial charge in [0.15, 0.2) is 0 Å². The third-order valence-corrected chi connectivity index (χ3v) is 7.01. The number of aliphatic hydroxyl groups excluding tert-OH is 1. The maximum atomic E-state index is 13.5. The molecule has 1 N–H and O–H groups in total. The van der Waals surface area contributed by atoms with Crippen molar-refractivity contribution in [3.63, 3.8) is 0 Å². The first-order chi connectivity index (χ1) is 18.9. The number of benzene rings is 3. The molecule has 1 aliphatic heterocycles. The summed E-state index contributed by atoms with van der Waals surface area (Å²) in [5, 5.41) is 11.6. The highest BCUT2D eigenvalue weighted by Crippen LogP contribution is 2.43. The maximum absolute atomic E-state index is 13.5. The number of alkyl halides is 3. The van der Waals surface area contributed by atoms with Gasteiger partial charge in [-0.25, -0.2) is 0 Å². The van der Waals surface area contributed by atoms with Crippen LogP contribution in [-0.2, 0) is 22.3 Å². The number of halogens is 3. The van der Waals surface area contributed by atoms with E-state index in [1.54, 1.807) is 50.4 Å². The number of aliphatic hydroxyl groups is 1. The topological polar surface area (TPSA) is 76.1 Å². The Hall–Kier alpha value is -4.27. The minimum absolute atomic E-state index is 0.0274. The predicted octanol–water partition coefficient (Wildman–Crippen LogP) is 6.78. The van der Waals surface area contributed by atoms with Crippen LogP contribution in [0.4, 0.5) is 13.2 Å². The zero-order valence-corrected chi connectivity index (χ0v) is 22.8. The first kappa shape index (κ1) is 28.7. The van der Waals surface area contributed by atoms with Crippen LogP contribution >= 0.6 is 0 Å². The van der Waals surface area contributed by atoms with Gasteiger partial charge in [0.25, 0.3) is 11.7 Å². The number of hydrogen-bond acceptors (Lipinski definition) is 5. The molecule has 1 atom stereocenters. The average Bonchev–Trinajstić information content (AvgIpc) is 3.17. The van der Waals surface area contributed by atoms with E-state index >= 15 is 0 Å². The molecule has 0 bridgehead atoms. The van der Waals surface area contributed by atoms with Crippen molar-refractivity contribution in [3.05, 3.63) is 99.6 Å². The number of nitrogens with zero attached hydrogens (tertiary/aromatic N) is 1. The van der Waals surface area contributed by atoms with E-state index < -0.39 is 29.5 Å². The molecule has 0 radical (unpaired) electrons. The number of carbonyl (C=O) groups is 2. The van der Waals surface area contributed by atoms with Gasteiger partial charge in [-0.05, 0) is 71.5 Å². The number of rotatable bonds is 7. The Labute approximate surface area is 230 Å². The summed E-state index contributed by atoms with van der Waals surface area (Å²) in [4.78, 5) is 28.1. The third-order valence-electron chi connectivity index (χ3n) is 7.01. The molecule has 6 nitrogen and oxygen atoms in total. The second kappa shape index (κ2) is 11.1. The summed E-state index contributed by atoms with van der Waals surface area (Å²) in [6.07, 6.45) is -4.57. The fourth-order valence-corrected chi connectivity index (χ4v) is 4.97. The molecule has 9 heteroatoms.